The van der Waals surface area contributed by atoms with Gasteiger partial charge >= 0.3 is 0 Å². The molecule has 3 aliphatic rings. The topological polar surface area (TPSA) is 93.4 Å². The van der Waals surface area contributed by atoms with Crippen LogP contribution >= 0.6 is 0 Å². The number of carbonyl (C=O) groups is 1. The van der Waals surface area contributed by atoms with Crippen molar-refractivity contribution in [3.8, 4) is 0 Å². The quantitative estimate of drug-likeness (QED) is 0.296. The highest BCUT2D eigenvalue weighted by atomic mass is 16.5. The Bertz CT molecular complexity index is 1120. The minimum absolute atomic E-state index is 0.0587. The van der Waals surface area contributed by atoms with Crippen LogP contribution in [0.3, 0.4) is 0 Å². The molecule has 1 aromatic carbocycles. The average Bonchev–Trinajstić information content (AvgIpc) is 2.89. The number of amides is 1. The number of allylic oxidation sites excluding steroid dienone is 7. The Labute approximate surface area is 228 Å². The Balaban J connectivity index is 1.46. The molecule has 1 aromatic rings. The number of hydrogen-bond donors (Lipinski definition) is 3. The summed E-state index contributed by atoms with van der Waals surface area (Å²) < 4.78 is 0. The van der Waals surface area contributed by atoms with Gasteiger partial charge in [-0.3, -0.25) is 10.1 Å². The van der Waals surface area contributed by atoms with Gasteiger partial charge in [0.15, 0.2) is 0 Å². The Morgan fingerprint density at radius 3 is 2.82 bits per heavy atom. The van der Waals surface area contributed by atoms with Crippen molar-refractivity contribution in [2.24, 2.45) is 35.3 Å². The van der Waals surface area contributed by atoms with Crippen LogP contribution in [0.2, 0.25) is 0 Å². The summed E-state index contributed by atoms with van der Waals surface area (Å²) in [4.78, 5) is 13.1. The third-order valence-electron chi connectivity index (χ3n) is 8.86. The second-order valence-electron chi connectivity index (χ2n) is 11.6. The molecule has 0 fully saturated rings. The van der Waals surface area contributed by atoms with E-state index in [1.54, 1.807) is 0 Å². The smallest absolute Gasteiger partial charge is 0.221 e. The van der Waals surface area contributed by atoms with Crippen molar-refractivity contribution in [1.82, 2.24) is 10.6 Å². The van der Waals surface area contributed by atoms with Gasteiger partial charge in [-0.1, -0.05) is 50.8 Å². The summed E-state index contributed by atoms with van der Waals surface area (Å²) in [5, 5.41) is 21.2. The van der Waals surface area contributed by atoms with E-state index in [1.807, 2.05) is 18.2 Å². The second-order valence-corrected chi connectivity index (χ2v) is 11.6. The number of hydroxylamine groups is 1. The Hall–Kier alpha value is -2.67. The zero-order chi connectivity index (χ0) is 27.4. The fourth-order valence-corrected chi connectivity index (χ4v) is 6.19. The maximum absolute atomic E-state index is 13.5. The molecule has 6 unspecified atom stereocenters. The molecule has 38 heavy (non-hydrogen) atoms. The minimum Gasteiger partial charge on any atom is -0.758 e. The van der Waals surface area contributed by atoms with Crippen molar-refractivity contribution in [1.29, 1.82) is 0 Å². The van der Waals surface area contributed by atoms with E-state index in [2.05, 4.69) is 69.2 Å². The summed E-state index contributed by atoms with van der Waals surface area (Å²) in [6.07, 6.45) is 11.7. The molecule has 1 aliphatic heterocycles. The molecule has 0 saturated heterocycles. The summed E-state index contributed by atoms with van der Waals surface area (Å²) in [6.45, 7) is 14.6. The number of benzene rings is 1. The molecule has 6 nitrogen and oxygen atoms in total. The van der Waals surface area contributed by atoms with Crippen molar-refractivity contribution in [3.05, 3.63) is 82.1 Å². The van der Waals surface area contributed by atoms with E-state index in [9.17, 15) is 10.0 Å². The van der Waals surface area contributed by atoms with E-state index in [4.69, 9.17) is 5.73 Å². The number of nitrogens with two attached hydrogens (primary N) is 1. The molecule has 206 valence electrons. The lowest BCUT2D eigenvalue weighted by Crippen LogP contribution is -2.43. The van der Waals surface area contributed by atoms with Crippen LogP contribution in [0.4, 0.5) is 5.69 Å². The molecule has 6 atom stereocenters. The van der Waals surface area contributed by atoms with Gasteiger partial charge in [-0.15, -0.1) is 0 Å². The first-order valence-corrected chi connectivity index (χ1v) is 14.2. The third kappa shape index (κ3) is 6.48. The molecule has 0 aromatic heterocycles. The van der Waals surface area contributed by atoms with Crippen molar-refractivity contribution in [2.45, 2.75) is 59.5 Å². The zero-order valence-electron chi connectivity index (χ0n) is 23.5. The number of anilines is 1. The first-order chi connectivity index (χ1) is 18.2. The molecular formula is C32H45N4O2-. The second kappa shape index (κ2) is 12.5. The summed E-state index contributed by atoms with van der Waals surface area (Å²) in [6, 6.07) is 5.90. The first-order valence-electron chi connectivity index (χ1n) is 14.2. The Morgan fingerprint density at radius 1 is 1.26 bits per heavy atom. The lowest BCUT2D eigenvalue weighted by atomic mass is 9.77. The van der Waals surface area contributed by atoms with Gasteiger partial charge in [-0.05, 0) is 103 Å². The van der Waals surface area contributed by atoms with Gasteiger partial charge in [0, 0.05) is 31.1 Å². The average molecular weight is 518 g/mol. The molecule has 0 radical (unpaired) electrons. The van der Waals surface area contributed by atoms with Crippen molar-refractivity contribution in [2.75, 3.05) is 24.7 Å². The van der Waals surface area contributed by atoms with Gasteiger partial charge < -0.3 is 21.3 Å². The first kappa shape index (κ1) is 28.3. The fraction of sp³-hybridized carbons (Fsp3) is 0.531. The summed E-state index contributed by atoms with van der Waals surface area (Å²) in [5.41, 5.74) is 12.2. The van der Waals surface area contributed by atoms with Crippen LogP contribution in [0, 0.1) is 34.8 Å². The van der Waals surface area contributed by atoms with Gasteiger partial charge in [0.25, 0.3) is 0 Å². The van der Waals surface area contributed by atoms with Gasteiger partial charge in [0.2, 0.25) is 5.91 Å². The molecule has 0 bridgehead atoms. The zero-order valence-corrected chi connectivity index (χ0v) is 23.5. The lowest BCUT2D eigenvalue weighted by molar-refractivity contribution is -0.123. The van der Waals surface area contributed by atoms with Crippen LogP contribution in [0.25, 0.3) is 0 Å². The van der Waals surface area contributed by atoms with Crippen LogP contribution in [-0.4, -0.2) is 25.5 Å². The molecule has 2 aliphatic carbocycles. The number of fused-ring (bicyclic) bond motifs is 1. The largest absolute Gasteiger partial charge is 0.758 e. The number of nitrogens with zero attached hydrogens (tertiary/aromatic N) is 1. The number of nitrogens with one attached hydrogen (secondary N) is 2. The molecule has 4 rings (SSSR count). The number of rotatable bonds is 9. The van der Waals surface area contributed by atoms with Crippen molar-refractivity contribution < 1.29 is 4.79 Å². The highest BCUT2D eigenvalue weighted by Gasteiger charge is 2.28. The van der Waals surface area contributed by atoms with Crippen LogP contribution in [0.15, 0.2) is 65.8 Å². The van der Waals surface area contributed by atoms with E-state index in [0.717, 1.165) is 42.0 Å². The van der Waals surface area contributed by atoms with Gasteiger partial charge in [-0.2, -0.15) is 0 Å². The molecule has 1 amide bonds. The van der Waals surface area contributed by atoms with Gasteiger partial charge in [-0.25, -0.2) is 0 Å². The summed E-state index contributed by atoms with van der Waals surface area (Å²) in [5.74, 6) is 1.50. The number of carbonyl (C=O) groups excluding carboxylic acids is 1. The van der Waals surface area contributed by atoms with Gasteiger partial charge in [0.05, 0.1) is 0 Å². The van der Waals surface area contributed by atoms with Gasteiger partial charge in [0.1, 0.15) is 6.17 Å². The predicted molar refractivity (Wildman–Crippen MR) is 157 cm³/mol. The monoisotopic (exact) mass is 517 g/mol. The molecule has 4 N–H and O–H groups in total. The standard InChI is InChI=1S/C32H45N4O2/c1-20-6-7-22(3)27(16-20)17-31(37)35-32-30-18-28(10-9-25(30)13-15-34-32)36(38)19-26(12-14-33)29-11-8-21(2)23(4)24(29)5/h6-11,18,20,22,26-27,29,32,34H,5,12-17,19,33H2,1-4H3,(H,35,37)/q-1. The normalized spacial score (nSPS) is 27.7. The molecule has 0 spiro atoms. The molecular weight excluding hydrogens is 472 g/mol. The lowest BCUT2D eigenvalue weighted by Gasteiger charge is -2.39. The van der Waals surface area contributed by atoms with Crippen LogP contribution in [0.1, 0.15) is 64.3 Å². The number of hydrogen-bond acceptors (Lipinski definition) is 5. The van der Waals surface area contributed by atoms with Crippen molar-refractivity contribution in [3.63, 3.8) is 0 Å². The highest BCUT2D eigenvalue weighted by molar-refractivity contribution is 5.77. The Kier molecular flexibility index (Phi) is 9.29. The SMILES string of the molecule is C=C1C(C)=C(C)C=CC1C(CCN)CN([O-])c1ccc2c(c1)C(NC(=O)CC1CC(C)C=CC1C)NCC2. The Morgan fingerprint density at radius 2 is 2.05 bits per heavy atom. The molecule has 0 saturated carbocycles. The fourth-order valence-electron chi connectivity index (χ4n) is 6.19. The maximum atomic E-state index is 13.5. The molecule has 1 heterocycles. The van der Waals surface area contributed by atoms with Crippen LogP contribution in [-0.2, 0) is 11.2 Å². The van der Waals surface area contributed by atoms with Crippen LogP contribution in [0.5, 0.6) is 0 Å². The minimum atomic E-state index is -0.289. The van der Waals surface area contributed by atoms with E-state index >= 15 is 0 Å². The van der Waals surface area contributed by atoms with E-state index in [1.165, 1.54) is 16.7 Å². The van der Waals surface area contributed by atoms with E-state index in [0.29, 0.717) is 43.0 Å². The van der Waals surface area contributed by atoms with E-state index < -0.39 is 0 Å². The maximum Gasteiger partial charge on any atom is 0.221 e. The summed E-state index contributed by atoms with van der Waals surface area (Å²) in [7, 11) is 0. The molecule has 6 heteroatoms. The third-order valence-corrected chi connectivity index (χ3v) is 8.86. The van der Waals surface area contributed by atoms with Crippen LogP contribution < -0.4 is 21.4 Å². The van der Waals surface area contributed by atoms with E-state index in [-0.39, 0.29) is 23.9 Å². The summed E-state index contributed by atoms with van der Waals surface area (Å²) >= 11 is 0. The highest BCUT2D eigenvalue weighted by Crippen LogP contribution is 2.36. The predicted octanol–water partition coefficient (Wildman–Crippen LogP) is 5.53. The van der Waals surface area contributed by atoms with Crippen molar-refractivity contribution >= 4 is 11.6 Å².